The van der Waals surface area contributed by atoms with E-state index in [0.29, 0.717) is 37.3 Å². The smallest absolute Gasteiger partial charge is 0.257 e. The van der Waals surface area contributed by atoms with Gasteiger partial charge in [0.15, 0.2) is 0 Å². The van der Waals surface area contributed by atoms with Gasteiger partial charge in [-0.1, -0.05) is 13.8 Å². The Morgan fingerprint density at radius 1 is 0.966 bits per heavy atom. The molecule has 0 radical (unpaired) electrons. The van der Waals surface area contributed by atoms with Crippen LogP contribution in [0.3, 0.4) is 0 Å². The SMILES string of the molecule is CC(C)C(NC(=O)c1ccc(F)cc1)C(=O)N1CCN(C(=O)c2ccoc2)CC1. The number of amides is 3. The van der Waals surface area contributed by atoms with E-state index >= 15 is 0 Å². The predicted molar refractivity (Wildman–Crippen MR) is 104 cm³/mol. The molecule has 2 heterocycles. The van der Waals surface area contributed by atoms with Gasteiger partial charge in [-0.3, -0.25) is 14.4 Å². The molecule has 1 saturated heterocycles. The maximum absolute atomic E-state index is 13.1. The van der Waals surface area contributed by atoms with Gasteiger partial charge in [0.25, 0.3) is 11.8 Å². The molecule has 0 saturated carbocycles. The Balaban J connectivity index is 1.60. The molecule has 0 bridgehead atoms. The summed E-state index contributed by atoms with van der Waals surface area (Å²) >= 11 is 0. The van der Waals surface area contributed by atoms with Crippen LogP contribution >= 0.6 is 0 Å². The van der Waals surface area contributed by atoms with Crippen molar-refractivity contribution in [2.24, 2.45) is 5.92 Å². The van der Waals surface area contributed by atoms with Crippen LogP contribution in [0.25, 0.3) is 0 Å². The molecule has 1 N–H and O–H groups in total. The van der Waals surface area contributed by atoms with Crippen LogP contribution in [0.15, 0.2) is 47.3 Å². The van der Waals surface area contributed by atoms with E-state index in [4.69, 9.17) is 4.42 Å². The van der Waals surface area contributed by atoms with Gasteiger partial charge in [-0.25, -0.2) is 4.39 Å². The minimum atomic E-state index is -0.705. The van der Waals surface area contributed by atoms with Crippen LogP contribution in [-0.2, 0) is 4.79 Å². The summed E-state index contributed by atoms with van der Waals surface area (Å²) in [7, 11) is 0. The fourth-order valence-corrected chi connectivity index (χ4v) is 3.23. The van der Waals surface area contributed by atoms with E-state index in [0.717, 1.165) is 0 Å². The highest BCUT2D eigenvalue weighted by molar-refractivity contribution is 5.98. The first-order chi connectivity index (χ1) is 13.9. The number of rotatable bonds is 5. The largest absolute Gasteiger partial charge is 0.472 e. The van der Waals surface area contributed by atoms with Crippen molar-refractivity contribution in [3.63, 3.8) is 0 Å². The van der Waals surface area contributed by atoms with Crippen LogP contribution in [0.2, 0.25) is 0 Å². The first kappa shape index (κ1) is 20.6. The van der Waals surface area contributed by atoms with E-state index in [1.165, 1.54) is 36.8 Å². The predicted octanol–water partition coefficient (Wildman–Crippen LogP) is 2.16. The standard InChI is InChI=1S/C21H24FN3O4/c1-14(2)18(23-19(26)15-3-5-17(22)6-4-15)21(28)25-10-8-24(9-11-25)20(27)16-7-12-29-13-16/h3-7,12-14,18H,8-11H2,1-2H3,(H,23,26). The summed E-state index contributed by atoms with van der Waals surface area (Å²) in [4.78, 5) is 41.2. The summed E-state index contributed by atoms with van der Waals surface area (Å²) in [6.07, 6.45) is 2.85. The van der Waals surface area contributed by atoms with E-state index in [-0.39, 0.29) is 17.7 Å². The summed E-state index contributed by atoms with van der Waals surface area (Å²) in [5.41, 5.74) is 0.775. The van der Waals surface area contributed by atoms with Crippen molar-refractivity contribution in [2.45, 2.75) is 19.9 Å². The third-order valence-electron chi connectivity index (χ3n) is 4.97. The number of carbonyl (C=O) groups excluding carboxylic acids is 3. The Labute approximate surface area is 168 Å². The highest BCUT2D eigenvalue weighted by atomic mass is 19.1. The first-order valence-electron chi connectivity index (χ1n) is 9.53. The molecule has 3 amide bonds. The second-order valence-electron chi connectivity index (χ2n) is 7.33. The molecule has 0 spiro atoms. The molecule has 1 aliphatic heterocycles. The zero-order valence-electron chi connectivity index (χ0n) is 16.4. The van der Waals surface area contributed by atoms with E-state index in [1.807, 2.05) is 13.8 Å². The van der Waals surface area contributed by atoms with E-state index in [9.17, 15) is 18.8 Å². The minimum Gasteiger partial charge on any atom is -0.472 e. The zero-order valence-corrected chi connectivity index (χ0v) is 16.4. The molecule has 29 heavy (non-hydrogen) atoms. The molecule has 8 heteroatoms. The zero-order chi connectivity index (χ0) is 21.0. The number of hydrogen-bond acceptors (Lipinski definition) is 4. The van der Waals surface area contributed by atoms with Crippen molar-refractivity contribution in [1.29, 1.82) is 0 Å². The van der Waals surface area contributed by atoms with Crippen molar-refractivity contribution in [1.82, 2.24) is 15.1 Å². The second-order valence-corrected chi connectivity index (χ2v) is 7.33. The lowest BCUT2D eigenvalue weighted by molar-refractivity contribution is -0.135. The monoisotopic (exact) mass is 401 g/mol. The van der Waals surface area contributed by atoms with Crippen molar-refractivity contribution in [2.75, 3.05) is 26.2 Å². The lowest BCUT2D eigenvalue weighted by atomic mass is 10.0. The topological polar surface area (TPSA) is 82.9 Å². The summed E-state index contributed by atoms with van der Waals surface area (Å²) < 4.78 is 18.0. The average Bonchev–Trinajstić information content (AvgIpc) is 3.26. The summed E-state index contributed by atoms with van der Waals surface area (Å²) in [6.45, 7) is 5.30. The maximum Gasteiger partial charge on any atom is 0.257 e. The molecule has 1 unspecified atom stereocenters. The number of piperazine rings is 1. The molecule has 1 atom stereocenters. The molecule has 2 aromatic rings. The summed E-state index contributed by atoms with van der Waals surface area (Å²) in [5, 5.41) is 2.76. The quantitative estimate of drug-likeness (QED) is 0.832. The molecule has 0 aliphatic carbocycles. The number of benzene rings is 1. The lowest BCUT2D eigenvalue weighted by Crippen LogP contribution is -2.57. The van der Waals surface area contributed by atoms with Crippen molar-refractivity contribution >= 4 is 17.7 Å². The molecular weight excluding hydrogens is 377 g/mol. The van der Waals surface area contributed by atoms with Gasteiger partial charge in [0, 0.05) is 31.7 Å². The Morgan fingerprint density at radius 3 is 2.14 bits per heavy atom. The van der Waals surface area contributed by atoms with E-state index in [1.54, 1.807) is 15.9 Å². The van der Waals surface area contributed by atoms with Gasteiger partial charge in [0.2, 0.25) is 5.91 Å². The lowest BCUT2D eigenvalue weighted by Gasteiger charge is -2.37. The number of hydrogen-bond donors (Lipinski definition) is 1. The molecule has 1 aromatic heterocycles. The number of nitrogens with one attached hydrogen (secondary N) is 1. The average molecular weight is 401 g/mol. The maximum atomic E-state index is 13.1. The molecule has 1 aliphatic rings. The molecular formula is C21H24FN3O4. The van der Waals surface area contributed by atoms with Crippen LogP contribution in [0, 0.1) is 11.7 Å². The van der Waals surface area contributed by atoms with Crippen LogP contribution < -0.4 is 5.32 Å². The van der Waals surface area contributed by atoms with Gasteiger partial charge >= 0.3 is 0 Å². The molecule has 1 fully saturated rings. The number of nitrogens with zero attached hydrogens (tertiary/aromatic N) is 2. The number of halogens is 1. The van der Waals surface area contributed by atoms with Gasteiger partial charge in [-0.2, -0.15) is 0 Å². The van der Waals surface area contributed by atoms with Gasteiger partial charge in [0.05, 0.1) is 11.8 Å². The van der Waals surface area contributed by atoms with Crippen LogP contribution in [-0.4, -0.2) is 59.7 Å². The second kappa shape index (κ2) is 8.89. The number of carbonyl (C=O) groups is 3. The Bertz CT molecular complexity index is 857. The van der Waals surface area contributed by atoms with Crippen LogP contribution in [0.5, 0.6) is 0 Å². The third kappa shape index (κ3) is 4.82. The fourth-order valence-electron chi connectivity index (χ4n) is 3.23. The molecule has 3 rings (SSSR count). The van der Waals surface area contributed by atoms with Gasteiger partial charge in [-0.05, 0) is 36.2 Å². The van der Waals surface area contributed by atoms with Crippen LogP contribution in [0.1, 0.15) is 34.6 Å². The van der Waals surface area contributed by atoms with Gasteiger partial charge < -0.3 is 19.5 Å². The summed E-state index contributed by atoms with van der Waals surface area (Å²) in [6, 6.07) is 6.08. The van der Waals surface area contributed by atoms with Gasteiger partial charge in [-0.15, -0.1) is 0 Å². The highest BCUT2D eigenvalue weighted by Crippen LogP contribution is 2.13. The minimum absolute atomic E-state index is 0.127. The third-order valence-corrected chi connectivity index (χ3v) is 4.97. The Kier molecular flexibility index (Phi) is 6.31. The van der Waals surface area contributed by atoms with E-state index < -0.39 is 17.8 Å². The normalized spacial score (nSPS) is 15.3. The fraction of sp³-hybridized carbons (Fsp3) is 0.381. The highest BCUT2D eigenvalue weighted by Gasteiger charge is 2.32. The Hall–Kier alpha value is -3.16. The molecule has 1 aromatic carbocycles. The number of furan rings is 1. The van der Waals surface area contributed by atoms with Crippen molar-refractivity contribution < 1.29 is 23.2 Å². The molecule has 7 nitrogen and oxygen atoms in total. The Morgan fingerprint density at radius 2 is 1.59 bits per heavy atom. The molecule has 154 valence electrons. The van der Waals surface area contributed by atoms with Crippen LogP contribution in [0.4, 0.5) is 4.39 Å². The van der Waals surface area contributed by atoms with Gasteiger partial charge in [0.1, 0.15) is 18.1 Å². The van der Waals surface area contributed by atoms with Crippen molar-refractivity contribution in [3.05, 3.63) is 59.8 Å². The van der Waals surface area contributed by atoms with Crippen molar-refractivity contribution in [3.8, 4) is 0 Å². The van der Waals surface area contributed by atoms with E-state index in [2.05, 4.69) is 5.32 Å². The first-order valence-corrected chi connectivity index (χ1v) is 9.53. The summed E-state index contributed by atoms with van der Waals surface area (Å²) in [5.74, 6) is -1.30.